The molecule has 0 atom stereocenters. The molecule has 1 aliphatic rings. The summed E-state index contributed by atoms with van der Waals surface area (Å²) in [6.45, 7) is 5.67. The molecule has 0 bridgehead atoms. The van der Waals surface area contributed by atoms with Crippen LogP contribution in [0.5, 0.6) is 11.5 Å². The van der Waals surface area contributed by atoms with Gasteiger partial charge >= 0.3 is 0 Å². The summed E-state index contributed by atoms with van der Waals surface area (Å²) in [6.07, 6.45) is 3.04. The Balaban J connectivity index is 1.62. The summed E-state index contributed by atoms with van der Waals surface area (Å²) < 4.78 is 16.0. The van der Waals surface area contributed by atoms with E-state index in [9.17, 15) is 0 Å². The van der Waals surface area contributed by atoms with Crippen molar-refractivity contribution in [1.82, 2.24) is 10.6 Å². The normalized spacial score (nSPS) is 13.2. The average molecular weight is 321 g/mol. The molecule has 2 N–H and O–H groups in total. The minimum atomic E-state index is 0.316. The molecule has 0 fully saturated rings. The summed E-state index contributed by atoms with van der Waals surface area (Å²) in [7, 11) is 1.79. The molecule has 0 amide bonds. The van der Waals surface area contributed by atoms with Crippen LogP contribution in [0.4, 0.5) is 0 Å². The van der Waals surface area contributed by atoms with Gasteiger partial charge in [-0.3, -0.25) is 4.99 Å². The zero-order valence-electron chi connectivity index (χ0n) is 14.1. The van der Waals surface area contributed by atoms with Crippen molar-refractivity contribution in [2.45, 2.75) is 26.2 Å². The molecule has 6 heteroatoms. The molecule has 0 saturated carbocycles. The molecule has 0 saturated heterocycles. The molecule has 128 valence electrons. The van der Waals surface area contributed by atoms with Crippen LogP contribution in [0.15, 0.2) is 23.2 Å². The first-order chi connectivity index (χ1) is 11.3. The molecule has 0 radical (unpaired) electrons. The lowest BCUT2D eigenvalue weighted by atomic mass is 10.1. The second kappa shape index (κ2) is 9.94. The van der Waals surface area contributed by atoms with Crippen molar-refractivity contribution in [1.29, 1.82) is 0 Å². The van der Waals surface area contributed by atoms with Gasteiger partial charge in [0.2, 0.25) is 6.79 Å². The first kappa shape index (κ1) is 17.4. The van der Waals surface area contributed by atoms with Gasteiger partial charge in [0.15, 0.2) is 17.5 Å². The summed E-state index contributed by atoms with van der Waals surface area (Å²) in [4.78, 5) is 4.23. The van der Waals surface area contributed by atoms with Crippen molar-refractivity contribution >= 4 is 5.96 Å². The molecule has 6 nitrogen and oxygen atoms in total. The Morgan fingerprint density at radius 3 is 2.83 bits per heavy atom. The Labute approximate surface area is 138 Å². The van der Waals surface area contributed by atoms with Crippen molar-refractivity contribution in [2.24, 2.45) is 4.99 Å². The Morgan fingerprint density at radius 1 is 1.17 bits per heavy atom. The highest BCUT2D eigenvalue weighted by Crippen LogP contribution is 2.32. The van der Waals surface area contributed by atoms with E-state index in [2.05, 4.69) is 21.7 Å². The van der Waals surface area contributed by atoms with E-state index in [1.54, 1.807) is 7.05 Å². The number of benzene rings is 1. The third-order valence-electron chi connectivity index (χ3n) is 3.58. The second-order valence-corrected chi connectivity index (χ2v) is 5.27. The molecule has 2 rings (SSSR count). The van der Waals surface area contributed by atoms with Gasteiger partial charge < -0.3 is 24.8 Å². The van der Waals surface area contributed by atoms with E-state index in [1.807, 2.05) is 19.1 Å². The van der Waals surface area contributed by atoms with Crippen LogP contribution in [0, 0.1) is 0 Å². The highest BCUT2D eigenvalue weighted by atomic mass is 16.7. The molecule has 1 aliphatic heterocycles. The summed E-state index contributed by atoms with van der Waals surface area (Å²) in [5, 5.41) is 6.64. The molecule has 1 aromatic carbocycles. The molecular formula is C17H27N3O3. The van der Waals surface area contributed by atoms with E-state index in [-0.39, 0.29) is 0 Å². The number of aliphatic imine (C=N–C) groups is 1. The highest BCUT2D eigenvalue weighted by molar-refractivity contribution is 5.79. The van der Waals surface area contributed by atoms with Crippen molar-refractivity contribution in [3.8, 4) is 11.5 Å². The number of hydrogen-bond acceptors (Lipinski definition) is 4. The van der Waals surface area contributed by atoms with Crippen molar-refractivity contribution in [2.75, 3.05) is 40.1 Å². The van der Waals surface area contributed by atoms with Gasteiger partial charge in [-0.1, -0.05) is 6.07 Å². The molecule has 0 spiro atoms. The summed E-state index contributed by atoms with van der Waals surface area (Å²) in [5.41, 5.74) is 1.22. The number of nitrogens with zero attached hydrogens (tertiary/aromatic N) is 1. The van der Waals surface area contributed by atoms with Crippen molar-refractivity contribution in [3.05, 3.63) is 23.8 Å². The molecular weight excluding hydrogens is 294 g/mol. The quantitative estimate of drug-likeness (QED) is 0.413. The molecule has 1 aromatic rings. The maximum atomic E-state index is 5.39. The summed E-state index contributed by atoms with van der Waals surface area (Å²) >= 11 is 0. The third-order valence-corrected chi connectivity index (χ3v) is 3.58. The molecule has 1 heterocycles. The molecule has 23 heavy (non-hydrogen) atoms. The average Bonchev–Trinajstić information content (AvgIpc) is 3.04. The van der Waals surface area contributed by atoms with Crippen LogP contribution in [-0.2, 0) is 11.2 Å². The van der Waals surface area contributed by atoms with E-state index >= 15 is 0 Å². The lowest BCUT2D eigenvalue weighted by Crippen LogP contribution is -2.38. The van der Waals surface area contributed by atoms with Crippen molar-refractivity contribution < 1.29 is 14.2 Å². The Hall–Kier alpha value is -1.95. The van der Waals surface area contributed by atoms with E-state index in [4.69, 9.17) is 14.2 Å². The van der Waals surface area contributed by atoms with Crippen LogP contribution < -0.4 is 20.1 Å². The maximum absolute atomic E-state index is 5.39. The van der Waals surface area contributed by atoms with E-state index < -0.39 is 0 Å². The van der Waals surface area contributed by atoms with E-state index in [0.717, 1.165) is 63.0 Å². The van der Waals surface area contributed by atoms with Gasteiger partial charge in [-0.15, -0.1) is 0 Å². The number of unbranched alkanes of at least 4 members (excludes halogenated alkanes) is 1. The van der Waals surface area contributed by atoms with E-state index in [0.29, 0.717) is 6.79 Å². The largest absolute Gasteiger partial charge is 0.454 e. The highest BCUT2D eigenvalue weighted by Gasteiger charge is 2.12. The Kier molecular flexibility index (Phi) is 7.52. The van der Waals surface area contributed by atoms with Crippen LogP contribution >= 0.6 is 0 Å². The predicted octanol–water partition coefficient (Wildman–Crippen LogP) is 1.94. The fraction of sp³-hybridized carbons (Fsp3) is 0.588. The van der Waals surface area contributed by atoms with Crippen molar-refractivity contribution in [3.63, 3.8) is 0 Å². The number of ether oxygens (including phenoxy) is 3. The van der Waals surface area contributed by atoms with Gasteiger partial charge in [0, 0.05) is 33.4 Å². The van der Waals surface area contributed by atoms with Gasteiger partial charge in [-0.2, -0.15) is 0 Å². The van der Waals surface area contributed by atoms with Crippen LogP contribution in [0.25, 0.3) is 0 Å². The molecule has 0 unspecified atom stereocenters. The number of nitrogens with one attached hydrogen (secondary N) is 2. The van der Waals surface area contributed by atoms with Gasteiger partial charge in [0.05, 0.1) is 0 Å². The first-order valence-electron chi connectivity index (χ1n) is 8.24. The van der Waals surface area contributed by atoms with Gasteiger partial charge in [0.1, 0.15) is 0 Å². The second-order valence-electron chi connectivity index (χ2n) is 5.27. The maximum Gasteiger partial charge on any atom is 0.231 e. The predicted molar refractivity (Wildman–Crippen MR) is 91.4 cm³/mol. The van der Waals surface area contributed by atoms with Crippen LogP contribution in [-0.4, -0.2) is 46.1 Å². The fourth-order valence-corrected chi connectivity index (χ4v) is 2.32. The Bertz CT molecular complexity index is 506. The smallest absolute Gasteiger partial charge is 0.231 e. The number of rotatable bonds is 9. The monoisotopic (exact) mass is 321 g/mol. The topological polar surface area (TPSA) is 64.1 Å². The van der Waals surface area contributed by atoms with Gasteiger partial charge in [0.25, 0.3) is 0 Å². The third kappa shape index (κ3) is 5.98. The van der Waals surface area contributed by atoms with Crippen LogP contribution in [0.2, 0.25) is 0 Å². The lowest BCUT2D eigenvalue weighted by molar-refractivity contribution is 0.143. The minimum Gasteiger partial charge on any atom is -0.454 e. The summed E-state index contributed by atoms with van der Waals surface area (Å²) in [6, 6.07) is 6.07. The first-order valence-corrected chi connectivity index (χ1v) is 8.24. The molecule has 0 aliphatic carbocycles. The molecule has 0 aromatic heterocycles. The SMILES string of the molecule is CCOCCCCNC(=NC)NCCc1ccc2c(c1)OCO2. The summed E-state index contributed by atoms with van der Waals surface area (Å²) in [5.74, 6) is 2.49. The van der Waals surface area contributed by atoms with E-state index in [1.165, 1.54) is 5.56 Å². The van der Waals surface area contributed by atoms with Crippen LogP contribution in [0.1, 0.15) is 25.3 Å². The number of fused-ring (bicyclic) bond motifs is 1. The van der Waals surface area contributed by atoms with Gasteiger partial charge in [-0.25, -0.2) is 0 Å². The number of hydrogen-bond donors (Lipinski definition) is 2. The Morgan fingerprint density at radius 2 is 2.00 bits per heavy atom. The number of guanidine groups is 1. The zero-order chi connectivity index (χ0) is 16.3. The zero-order valence-corrected chi connectivity index (χ0v) is 14.1. The van der Waals surface area contributed by atoms with Gasteiger partial charge in [-0.05, 0) is 43.9 Å². The standard InChI is InChI=1S/C17H27N3O3/c1-3-21-11-5-4-9-19-17(18-2)20-10-8-14-6-7-15-16(12-14)23-13-22-15/h6-7,12H,3-5,8-11,13H2,1-2H3,(H2,18,19,20). The lowest BCUT2D eigenvalue weighted by Gasteiger charge is -2.12. The fourth-order valence-electron chi connectivity index (χ4n) is 2.32. The van der Waals surface area contributed by atoms with Crippen LogP contribution in [0.3, 0.4) is 0 Å². The minimum absolute atomic E-state index is 0.316.